The number of rotatable bonds is 3. The molecule has 1 aliphatic carbocycles. The highest BCUT2D eigenvalue weighted by Crippen LogP contribution is 2.56. The van der Waals surface area contributed by atoms with E-state index in [1.165, 1.54) is 0 Å². The van der Waals surface area contributed by atoms with Crippen LogP contribution in [0.4, 0.5) is 0 Å². The maximum absolute atomic E-state index is 12.8. The number of hydrogen-bond donors (Lipinski definition) is 1. The fourth-order valence-corrected chi connectivity index (χ4v) is 7.00. The third-order valence-electron chi connectivity index (χ3n) is 6.42. The van der Waals surface area contributed by atoms with Gasteiger partial charge in [0.25, 0.3) is 10.1 Å². The fourth-order valence-electron chi connectivity index (χ4n) is 5.40. The van der Waals surface area contributed by atoms with E-state index in [-0.39, 0.29) is 11.8 Å². The van der Waals surface area contributed by atoms with Crippen molar-refractivity contribution >= 4 is 10.1 Å². The van der Waals surface area contributed by atoms with Crippen molar-refractivity contribution in [3.8, 4) is 0 Å². The van der Waals surface area contributed by atoms with Crippen LogP contribution in [-0.2, 0) is 19.6 Å². The zero-order valence-electron chi connectivity index (χ0n) is 15.5. The van der Waals surface area contributed by atoms with Gasteiger partial charge in [0.1, 0.15) is 4.75 Å². The minimum absolute atomic E-state index is 0.194. The SMILES string of the molecule is CC1=C(C2CCCOC2)C(C)(C)C(C2CCCOC2)(S(=O)(=O)O)C=C1. The van der Waals surface area contributed by atoms with E-state index < -0.39 is 20.3 Å². The molecule has 3 atom stereocenters. The lowest BCUT2D eigenvalue weighted by Crippen LogP contribution is -2.59. The Labute approximate surface area is 151 Å². The van der Waals surface area contributed by atoms with Gasteiger partial charge < -0.3 is 9.47 Å². The minimum atomic E-state index is -4.33. The minimum Gasteiger partial charge on any atom is -0.381 e. The maximum Gasteiger partial charge on any atom is 0.275 e. The Bertz CT molecular complexity index is 664. The normalized spacial score (nSPS) is 36.5. The zero-order chi connectivity index (χ0) is 18.3. The Balaban J connectivity index is 2.12. The summed E-state index contributed by atoms with van der Waals surface area (Å²) in [4.78, 5) is 0. The molecule has 5 nitrogen and oxygen atoms in total. The molecule has 2 fully saturated rings. The second-order valence-electron chi connectivity index (χ2n) is 8.15. The van der Waals surface area contributed by atoms with Crippen LogP contribution in [0.15, 0.2) is 23.3 Å². The molecule has 0 radical (unpaired) electrons. The topological polar surface area (TPSA) is 72.8 Å². The average molecular weight is 371 g/mol. The van der Waals surface area contributed by atoms with Gasteiger partial charge in [0, 0.05) is 30.5 Å². The molecule has 2 saturated heterocycles. The van der Waals surface area contributed by atoms with E-state index in [0.717, 1.165) is 43.4 Å². The van der Waals surface area contributed by atoms with Gasteiger partial charge in [-0.05, 0) is 32.6 Å². The van der Waals surface area contributed by atoms with Gasteiger partial charge in [-0.15, -0.1) is 0 Å². The van der Waals surface area contributed by atoms with Crippen LogP contribution >= 0.6 is 0 Å². The van der Waals surface area contributed by atoms with Gasteiger partial charge in [-0.2, -0.15) is 8.42 Å². The van der Waals surface area contributed by atoms with Crippen molar-refractivity contribution in [2.75, 3.05) is 26.4 Å². The van der Waals surface area contributed by atoms with Crippen LogP contribution in [0.25, 0.3) is 0 Å². The second kappa shape index (κ2) is 6.80. The lowest BCUT2D eigenvalue weighted by atomic mass is 9.59. The van der Waals surface area contributed by atoms with E-state index in [2.05, 4.69) is 0 Å². The predicted octanol–water partition coefficient (Wildman–Crippen LogP) is 3.38. The molecular formula is C19H30O5S. The van der Waals surface area contributed by atoms with Crippen LogP contribution in [0.2, 0.25) is 0 Å². The third-order valence-corrected chi connectivity index (χ3v) is 8.25. The number of allylic oxidation sites excluding steroid dienone is 2. The van der Waals surface area contributed by atoms with Gasteiger partial charge in [0.05, 0.1) is 13.2 Å². The molecule has 3 unspecified atom stereocenters. The molecule has 25 heavy (non-hydrogen) atoms. The van der Waals surface area contributed by atoms with Crippen molar-refractivity contribution in [2.45, 2.75) is 51.2 Å². The molecule has 0 aromatic carbocycles. The van der Waals surface area contributed by atoms with Crippen LogP contribution in [0, 0.1) is 17.3 Å². The Kier molecular flexibility index (Phi) is 5.19. The fraction of sp³-hybridized carbons (Fsp3) is 0.789. The molecule has 0 saturated carbocycles. The highest BCUT2D eigenvalue weighted by molar-refractivity contribution is 7.87. The third kappa shape index (κ3) is 3.01. The van der Waals surface area contributed by atoms with Crippen molar-refractivity contribution in [2.24, 2.45) is 17.3 Å². The predicted molar refractivity (Wildman–Crippen MR) is 97.0 cm³/mol. The average Bonchev–Trinajstić information content (AvgIpc) is 2.55. The summed E-state index contributed by atoms with van der Waals surface area (Å²) in [6.07, 6.45) is 7.14. The van der Waals surface area contributed by atoms with Gasteiger partial charge in [-0.25, -0.2) is 0 Å². The lowest BCUT2D eigenvalue weighted by molar-refractivity contribution is 0.0178. The largest absolute Gasteiger partial charge is 0.381 e. The van der Waals surface area contributed by atoms with E-state index in [1.807, 2.05) is 26.8 Å². The van der Waals surface area contributed by atoms with Crippen molar-refractivity contribution in [1.29, 1.82) is 0 Å². The molecule has 0 aromatic rings. The molecule has 3 rings (SSSR count). The van der Waals surface area contributed by atoms with Gasteiger partial charge in [-0.1, -0.05) is 37.1 Å². The van der Waals surface area contributed by atoms with E-state index in [4.69, 9.17) is 9.47 Å². The zero-order valence-corrected chi connectivity index (χ0v) is 16.3. The van der Waals surface area contributed by atoms with Gasteiger partial charge in [0.15, 0.2) is 0 Å². The smallest absolute Gasteiger partial charge is 0.275 e. The van der Waals surface area contributed by atoms with Gasteiger partial charge in [0.2, 0.25) is 0 Å². The van der Waals surface area contributed by atoms with Gasteiger partial charge in [-0.3, -0.25) is 4.55 Å². The summed E-state index contributed by atoms with van der Waals surface area (Å²) in [5.74, 6) is -0.0607. The second-order valence-corrected chi connectivity index (χ2v) is 9.78. The van der Waals surface area contributed by atoms with Crippen LogP contribution < -0.4 is 0 Å². The van der Waals surface area contributed by atoms with Crippen molar-refractivity contribution in [3.05, 3.63) is 23.3 Å². The van der Waals surface area contributed by atoms with Crippen molar-refractivity contribution < 1.29 is 22.4 Å². The molecule has 0 bridgehead atoms. The van der Waals surface area contributed by atoms with E-state index >= 15 is 0 Å². The molecule has 3 aliphatic rings. The highest BCUT2D eigenvalue weighted by Gasteiger charge is 2.61. The molecule has 0 spiro atoms. The standard InChI is InChI=1S/C19H30O5S/c1-14-8-9-19(25(20,21)22,16-7-5-11-24-13-16)18(2,3)17(14)15-6-4-10-23-12-15/h8-9,15-16H,4-7,10-13H2,1-3H3,(H,20,21,22). The van der Waals surface area contributed by atoms with E-state index in [1.54, 1.807) is 6.08 Å². The quantitative estimate of drug-likeness (QED) is 0.771. The summed E-state index contributed by atoms with van der Waals surface area (Å²) < 4.78 is 45.8. The lowest BCUT2D eigenvalue weighted by Gasteiger charge is -2.53. The number of hydrogen-bond acceptors (Lipinski definition) is 4. The summed E-state index contributed by atoms with van der Waals surface area (Å²) in [5.41, 5.74) is 1.48. The Hall–Kier alpha value is -0.690. The van der Waals surface area contributed by atoms with E-state index in [0.29, 0.717) is 19.8 Å². The first kappa shape index (κ1) is 19.1. The van der Waals surface area contributed by atoms with Crippen molar-refractivity contribution in [1.82, 2.24) is 0 Å². The van der Waals surface area contributed by atoms with Gasteiger partial charge >= 0.3 is 0 Å². The Morgan fingerprint density at radius 2 is 1.76 bits per heavy atom. The first-order valence-electron chi connectivity index (χ1n) is 9.25. The Morgan fingerprint density at radius 1 is 1.12 bits per heavy atom. The maximum atomic E-state index is 12.8. The molecule has 2 heterocycles. The molecule has 0 aromatic heterocycles. The summed E-state index contributed by atoms with van der Waals surface area (Å²) in [7, 11) is -4.33. The van der Waals surface area contributed by atoms with Crippen LogP contribution in [-0.4, -0.2) is 44.1 Å². The number of ether oxygens (including phenoxy) is 2. The summed E-state index contributed by atoms with van der Waals surface area (Å²) in [5, 5.41) is 0. The molecule has 6 heteroatoms. The summed E-state index contributed by atoms with van der Waals surface area (Å²) in [6, 6.07) is 0. The van der Waals surface area contributed by atoms with Crippen molar-refractivity contribution in [3.63, 3.8) is 0 Å². The first-order valence-corrected chi connectivity index (χ1v) is 10.7. The molecule has 2 aliphatic heterocycles. The molecule has 1 N–H and O–H groups in total. The highest BCUT2D eigenvalue weighted by atomic mass is 32.2. The monoisotopic (exact) mass is 370 g/mol. The first-order chi connectivity index (χ1) is 11.7. The van der Waals surface area contributed by atoms with Crippen LogP contribution in [0.3, 0.4) is 0 Å². The molecule has 0 amide bonds. The Morgan fingerprint density at radius 3 is 2.28 bits per heavy atom. The molecule has 142 valence electrons. The summed E-state index contributed by atoms with van der Waals surface area (Å²) in [6.45, 7) is 8.36. The molecular weight excluding hydrogens is 340 g/mol. The van der Waals surface area contributed by atoms with Crippen LogP contribution in [0.1, 0.15) is 46.5 Å². The van der Waals surface area contributed by atoms with Crippen LogP contribution in [0.5, 0.6) is 0 Å². The summed E-state index contributed by atoms with van der Waals surface area (Å²) >= 11 is 0. The van der Waals surface area contributed by atoms with E-state index in [9.17, 15) is 13.0 Å².